The van der Waals surface area contributed by atoms with Gasteiger partial charge >= 0.3 is 0 Å². The normalized spacial score (nSPS) is 10.9. The minimum atomic E-state index is -0.592. The van der Waals surface area contributed by atoms with Crippen molar-refractivity contribution >= 4 is 23.6 Å². The Balaban J connectivity index is 1.82. The van der Waals surface area contributed by atoms with Gasteiger partial charge in [0, 0.05) is 17.3 Å². The largest absolute Gasteiger partial charge is 0.366 e. The van der Waals surface area contributed by atoms with Crippen molar-refractivity contribution in [1.82, 2.24) is 9.78 Å². The van der Waals surface area contributed by atoms with E-state index in [4.69, 9.17) is 5.73 Å². The second-order valence-corrected chi connectivity index (χ2v) is 6.06. The Kier molecular flexibility index (Phi) is 5.17. The van der Waals surface area contributed by atoms with Crippen molar-refractivity contribution < 1.29 is 9.59 Å². The number of aromatic nitrogens is 2. The smallest absolute Gasteiger partial charge is 0.250 e. The van der Waals surface area contributed by atoms with Crippen LogP contribution in [0.1, 0.15) is 27.3 Å². The average molecular weight is 360 g/mol. The Morgan fingerprint density at radius 2 is 1.70 bits per heavy atom. The van der Waals surface area contributed by atoms with Gasteiger partial charge in [-0.05, 0) is 44.2 Å². The summed E-state index contributed by atoms with van der Waals surface area (Å²) >= 11 is 0. The van der Waals surface area contributed by atoms with Gasteiger partial charge in [0.2, 0.25) is 5.91 Å². The number of para-hydroxylation sites is 2. The third-order valence-corrected chi connectivity index (χ3v) is 4.20. The van der Waals surface area contributed by atoms with Crippen molar-refractivity contribution in [3.8, 4) is 5.69 Å². The Hall–Kier alpha value is -3.67. The van der Waals surface area contributed by atoms with Crippen LogP contribution in [0.2, 0.25) is 0 Å². The summed E-state index contributed by atoms with van der Waals surface area (Å²) in [6, 6.07) is 16.4. The van der Waals surface area contributed by atoms with Crippen molar-refractivity contribution in [2.75, 3.05) is 5.32 Å². The summed E-state index contributed by atoms with van der Waals surface area (Å²) in [5.74, 6) is -0.944. The monoisotopic (exact) mass is 360 g/mol. The molecule has 27 heavy (non-hydrogen) atoms. The molecular weight excluding hydrogens is 340 g/mol. The van der Waals surface area contributed by atoms with Crippen LogP contribution in [-0.2, 0) is 4.79 Å². The lowest BCUT2D eigenvalue weighted by atomic mass is 10.1. The minimum absolute atomic E-state index is 0.267. The standard InChI is InChI=1S/C21H20N4O2/c1-14-17(15(2)25(24-14)16-8-4-3-5-9-16)12-13-20(26)23-19-11-7-6-10-18(19)21(22)27/h3-13H,1-2H3,(H2,22,27)(H,23,26)/b13-12+. The summed E-state index contributed by atoms with van der Waals surface area (Å²) in [5, 5.41) is 7.24. The molecule has 0 unspecified atom stereocenters. The van der Waals surface area contributed by atoms with Crippen molar-refractivity contribution in [2.45, 2.75) is 13.8 Å². The van der Waals surface area contributed by atoms with Crippen LogP contribution in [0, 0.1) is 13.8 Å². The van der Waals surface area contributed by atoms with Gasteiger partial charge in [0.1, 0.15) is 0 Å². The maximum absolute atomic E-state index is 12.3. The average Bonchev–Trinajstić information content (AvgIpc) is 2.95. The summed E-state index contributed by atoms with van der Waals surface area (Å²) in [7, 11) is 0. The molecule has 2 aromatic carbocycles. The molecule has 1 heterocycles. The summed E-state index contributed by atoms with van der Waals surface area (Å²) in [4.78, 5) is 23.7. The van der Waals surface area contributed by atoms with Crippen LogP contribution in [-0.4, -0.2) is 21.6 Å². The Morgan fingerprint density at radius 3 is 2.41 bits per heavy atom. The molecule has 0 bridgehead atoms. The predicted octanol–water partition coefficient (Wildman–Crippen LogP) is 3.24. The van der Waals surface area contributed by atoms with Crippen molar-refractivity contribution in [1.29, 1.82) is 0 Å². The third-order valence-electron chi connectivity index (χ3n) is 4.20. The van der Waals surface area contributed by atoms with Gasteiger partial charge in [-0.15, -0.1) is 0 Å². The predicted molar refractivity (Wildman–Crippen MR) is 106 cm³/mol. The number of hydrogen-bond acceptors (Lipinski definition) is 3. The van der Waals surface area contributed by atoms with Gasteiger partial charge in [-0.1, -0.05) is 30.3 Å². The fourth-order valence-electron chi connectivity index (χ4n) is 2.86. The number of nitrogens with one attached hydrogen (secondary N) is 1. The molecule has 1 aromatic heterocycles. The van der Waals surface area contributed by atoms with Gasteiger partial charge in [0.05, 0.1) is 22.6 Å². The van der Waals surface area contributed by atoms with E-state index in [2.05, 4.69) is 10.4 Å². The number of benzene rings is 2. The Labute approximate surface area is 157 Å². The number of amides is 2. The number of aryl methyl sites for hydroxylation is 1. The highest BCUT2D eigenvalue weighted by atomic mass is 16.2. The van der Waals surface area contributed by atoms with Crippen LogP contribution in [0.5, 0.6) is 0 Å². The maximum Gasteiger partial charge on any atom is 0.250 e. The van der Waals surface area contributed by atoms with E-state index in [0.29, 0.717) is 5.69 Å². The van der Waals surface area contributed by atoms with E-state index in [0.717, 1.165) is 22.6 Å². The topological polar surface area (TPSA) is 90.0 Å². The van der Waals surface area contributed by atoms with E-state index in [1.807, 2.05) is 48.9 Å². The molecule has 0 saturated heterocycles. The number of nitrogens with two attached hydrogens (primary N) is 1. The number of anilines is 1. The zero-order valence-electron chi connectivity index (χ0n) is 15.1. The van der Waals surface area contributed by atoms with Crippen LogP contribution in [0.25, 0.3) is 11.8 Å². The quantitative estimate of drug-likeness (QED) is 0.685. The van der Waals surface area contributed by atoms with Gasteiger partial charge in [0.15, 0.2) is 0 Å². The third kappa shape index (κ3) is 3.95. The fraction of sp³-hybridized carbons (Fsp3) is 0.0952. The van der Waals surface area contributed by atoms with Crippen molar-refractivity contribution in [3.05, 3.63) is 83.2 Å². The molecule has 0 spiro atoms. The number of hydrogen-bond donors (Lipinski definition) is 2. The second-order valence-electron chi connectivity index (χ2n) is 6.06. The molecule has 0 aliphatic rings. The van der Waals surface area contributed by atoms with Crippen LogP contribution < -0.4 is 11.1 Å². The van der Waals surface area contributed by atoms with Crippen LogP contribution in [0.15, 0.2) is 60.7 Å². The first-order valence-electron chi connectivity index (χ1n) is 8.47. The molecule has 3 rings (SSSR count). The molecule has 0 saturated carbocycles. The van der Waals surface area contributed by atoms with Gasteiger partial charge < -0.3 is 11.1 Å². The Morgan fingerprint density at radius 1 is 1.04 bits per heavy atom. The highest BCUT2D eigenvalue weighted by molar-refractivity contribution is 6.07. The van der Waals surface area contributed by atoms with Crippen LogP contribution in [0.4, 0.5) is 5.69 Å². The van der Waals surface area contributed by atoms with E-state index in [-0.39, 0.29) is 11.5 Å². The zero-order chi connectivity index (χ0) is 19.4. The molecule has 0 fully saturated rings. The molecule has 0 aliphatic heterocycles. The summed E-state index contributed by atoms with van der Waals surface area (Å²) < 4.78 is 1.84. The van der Waals surface area contributed by atoms with E-state index in [9.17, 15) is 9.59 Å². The molecule has 0 atom stereocenters. The summed E-state index contributed by atoms with van der Waals surface area (Å²) in [6.07, 6.45) is 3.14. The number of primary amides is 1. The van der Waals surface area contributed by atoms with Crippen LogP contribution >= 0.6 is 0 Å². The van der Waals surface area contributed by atoms with Gasteiger partial charge in [-0.25, -0.2) is 4.68 Å². The molecule has 0 aliphatic carbocycles. The van der Waals surface area contributed by atoms with Gasteiger partial charge in [0.25, 0.3) is 5.91 Å². The highest BCUT2D eigenvalue weighted by Gasteiger charge is 2.12. The molecule has 2 amide bonds. The lowest BCUT2D eigenvalue weighted by Crippen LogP contribution is -2.16. The van der Waals surface area contributed by atoms with E-state index < -0.39 is 5.91 Å². The summed E-state index contributed by atoms with van der Waals surface area (Å²) in [5.41, 5.74) is 9.56. The maximum atomic E-state index is 12.3. The number of carbonyl (C=O) groups is 2. The fourth-order valence-corrected chi connectivity index (χ4v) is 2.86. The molecule has 3 aromatic rings. The Bertz CT molecular complexity index is 1020. The molecule has 6 heteroatoms. The van der Waals surface area contributed by atoms with Gasteiger partial charge in [-0.2, -0.15) is 5.10 Å². The van der Waals surface area contributed by atoms with E-state index in [1.54, 1.807) is 30.3 Å². The summed E-state index contributed by atoms with van der Waals surface area (Å²) in [6.45, 7) is 3.85. The molecule has 0 radical (unpaired) electrons. The first kappa shape index (κ1) is 18.1. The van der Waals surface area contributed by atoms with E-state index >= 15 is 0 Å². The number of nitrogens with zero attached hydrogens (tertiary/aromatic N) is 2. The SMILES string of the molecule is Cc1nn(-c2ccccc2)c(C)c1/C=C/C(=O)Nc1ccccc1C(N)=O. The number of carbonyl (C=O) groups excluding carboxylic acids is 2. The molecule has 3 N–H and O–H groups in total. The van der Waals surface area contributed by atoms with Gasteiger partial charge in [-0.3, -0.25) is 9.59 Å². The highest BCUT2D eigenvalue weighted by Crippen LogP contribution is 2.19. The number of rotatable bonds is 5. The van der Waals surface area contributed by atoms with Crippen molar-refractivity contribution in [3.63, 3.8) is 0 Å². The van der Waals surface area contributed by atoms with Crippen LogP contribution in [0.3, 0.4) is 0 Å². The first-order valence-corrected chi connectivity index (χ1v) is 8.47. The second kappa shape index (κ2) is 7.70. The molecule has 136 valence electrons. The zero-order valence-corrected chi connectivity index (χ0v) is 15.1. The molecule has 6 nitrogen and oxygen atoms in total. The molecular formula is C21H20N4O2. The minimum Gasteiger partial charge on any atom is -0.366 e. The lowest BCUT2D eigenvalue weighted by Gasteiger charge is -2.06. The lowest BCUT2D eigenvalue weighted by molar-refractivity contribution is -0.111. The first-order chi connectivity index (χ1) is 13.0. The van der Waals surface area contributed by atoms with Crippen molar-refractivity contribution in [2.24, 2.45) is 5.73 Å². The van der Waals surface area contributed by atoms with E-state index in [1.165, 1.54) is 6.08 Å².